The van der Waals surface area contributed by atoms with Gasteiger partial charge in [-0.3, -0.25) is 4.98 Å². The number of hydrogen-bond acceptors (Lipinski definition) is 7. The molecule has 0 atom stereocenters. The van der Waals surface area contributed by atoms with Crippen molar-refractivity contribution < 1.29 is 22.1 Å². The van der Waals surface area contributed by atoms with Crippen molar-refractivity contribution in [2.75, 3.05) is 5.73 Å². The van der Waals surface area contributed by atoms with Crippen molar-refractivity contribution in [3.8, 4) is 22.8 Å². The molecule has 0 amide bonds. The molecule has 0 saturated carbocycles. The molecule has 8 heteroatoms. The normalized spacial score (nSPS) is 11.3. The third-order valence-corrected chi connectivity index (χ3v) is 4.29. The van der Waals surface area contributed by atoms with Crippen LogP contribution in [-0.2, 0) is 15.9 Å². The monoisotopic (exact) mass is 346 g/mol. The number of benzene rings is 1. The van der Waals surface area contributed by atoms with E-state index in [1.165, 1.54) is 6.20 Å². The number of aromatic hydroxyl groups is 1. The second-order valence-electron chi connectivity index (χ2n) is 4.99. The fraction of sp³-hybridized carbons (Fsp3) is 0.0625. The van der Waals surface area contributed by atoms with Gasteiger partial charge in [-0.2, -0.15) is 8.42 Å². The molecule has 0 radical (unpaired) electrons. The van der Waals surface area contributed by atoms with Crippen LogP contribution in [-0.4, -0.2) is 18.5 Å². The number of anilines is 1. The predicted molar refractivity (Wildman–Crippen MR) is 87.7 cm³/mol. The second-order valence-corrected chi connectivity index (χ2v) is 6.56. The zero-order chi connectivity index (χ0) is 17.2. The summed E-state index contributed by atoms with van der Waals surface area (Å²) in [6.45, 7) is 0. The summed E-state index contributed by atoms with van der Waals surface area (Å²) in [4.78, 5) is 3.90. The first kappa shape index (κ1) is 15.9. The van der Waals surface area contributed by atoms with Gasteiger partial charge < -0.3 is 19.4 Å². The van der Waals surface area contributed by atoms with E-state index in [1.54, 1.807) is 48.7 Å². The van der Waals surface area contributed by atoms with Gasteiger partial charge in [0.1, 0.15) is 5.75 Å². The summed E-state index contributed by atoms with van der Waals surface area (Å²) in [5.41, 5.74) is 6.63. The van der Waals surface area contributed by atoms with Gasteiger partial charge in [0.25, 0.3) is 0 Å². The molecule has 3 N–H and O–H groups in total. The Morgan fingerprint density at radius 2 is 1.92 bits per heavy atom. The van der Waals surface area contributed by atoms with Crippen molar-refractivity contribution in [3.63, 3.8) is 0 Å². The molecule has 0 aliphatic heterocycles. The van der Waals surface area contributed by atoms with Crippen LogP contribution in [0.5, 0.6) is 11.5 Å². The summed E-state index contributed by atoms with van der Waals surface area (Å²) < 4.78 is 34.5. The van der Waals surface area contributed by atoms with Crippen molar-refractivity contribution in [2.24, 2.45) is 0 Å². The van der Waals surface area contributed by atoms with Crippen LogP contribution in [0.25, 0.3) is 11.3 Å². The van der Waals surface area contributed by atoms with Gasteiger partial charge in [0, 0.05) is 18.0 Å². The van der Waals surface area contributed by atoms with E-state index in [0.717, 1.165) is 0 Å². The lowest BCUT2D eigenvalue weighted by molar-refractivity contribution is 0.432. The van der Waals surface area contributed by atoms with Crippen LogP contribution in [0, 0.1) is 0 Å². The standard InChI is InChI=1S/C16H14N2O5S/c17-16-15(13(19)14(22-16)12-7-4-8-18-9-12)23-24(20,21)10-11-5-2-1-3-6-11/h1-9,19H,10,17H2. The topological polar surface area (TPSA) is 116 Å². The number of nitrogens with zero attached hydrogens (tertiary/aromatic N) is 1. The van der Waals surface area contributed by atoms with Crippen LogP contribution < -0.4 is 9.92 Å². The SMILES string of the molecule is Nc1oc(-c2cccnc2)c(O)c1OS(=O)(=O)Cc1ccccc1. The highest BCUT2D eigenvalue weighted by molar-refractivity contribution is 7.86. The molecule has 0 unspecified atom stereocenters. The lowest BCUT2D eigenvalue weighted by atomic mass is 10.2. The Morgan fingerprint density at radius 1 is 1.17 bits per heavy atom. The van der Waals surface area contributed by atoms with Gasteiger partial charge in [-0.15, -0.1) is 0 Å². The number of nitrogens with two attached hydrogens (primary N) is 1. The summed E-state index contributed by atoms with van der Waals surface area (Å²) >= 11 is 0. The van der Waals surface area contributed by atoms with Crippen LogP contribution in [0.15, 0.2) is 59.3 Å². The third-order valence-electron chi connectivity index (χ3n) is 3.19. The molecule has 2 aromatic heterocycles. The number of nitrogen functional groups attached to an aromatic ring is 1. The van der Waals surface area contributed by atoms with Crippen LogP contribution in [0.2, 0.25) is 0 Å². The first-order valence-corrected chi connectivity index (χ1v) is 8.52. The quantitative estimate of drug-likeness (QED) is 0.682. The lowest BCUT2D eigenvalue weighted by Gasteiger charge is -2.06. The minimum absolute atomic E-state index is 0.00879. The van der Waals surface area contributed by atoms with Gasteiger partial charge in [0.2, 0.25) is 17.4 Å². The Balaban J connectivity index is 1.89. The summed E-state index contributed by atoms with van der Waals surface area (Å²) in [5, 5.41) is 10.2. The van der Waals surface area contributed by atoms with Crippen LogP contribution in [0.3, 0.4) is 0 Å². The fourth-order valence-corrected chi connectivity index (χ4v) is 3.21. The molecular weight excluding hydrogens is 332 g/mol. The Hall–Kier alpha value is -3.00. The maximum absolute atomic E-state index is 12.2. The van der Waals surface area contributed by atoms with Crippen molar-refractivity contribution in [1.82, 2.24) is 4.98 Å². The van der Waals surface area contributed by atoms with E-state index in [0.29, 0.717) is 11.1 Å². The van der Waals surface area contributed by atoms with E-state index in [-0.39, 0.29) is 17.4 Å². The lowest BCUT2D eigenvalue weighted by Crippen LogP contribution is -2.12. The largest absolute Gasteiger partial charge is 0.501 e. The number of pyridine rings is 1. The Labute approximate surface area is 138 Å². The molecule has 0 aliphatic carbocycles. The van der Waals surface area contributed by atoms with Gasteiger partial charge in [-0.1, -0.05) is 30.3 Å². The molecular formula is C16H14N2O5S. The number of rotatable bonds is 5. The Morgan fingerprint density at radius 3 is 2.58 bits per heavy atom. The van der Waals surface area contributed by atoms with Crippen LogP contribution in [0.1, 0.15) is 5.56 Å². The first-order valence-electron chi connectivity index (χ1n) is 6.94. The molecule has 0 fully saturated rings. The predicted octanol–water partition coefficient (Wildman–Crippen LogP) is 2.54. The Bertz CT molecular complexity index is 937. The van der Waals surface area contributed by atoms with Crippen molar-refractivity contribution in [2.45, 2.75) is 5.75 Å². The molecule has 0 saturated heterocycles. The summed E-state index contributed by atoms with van der Waals surface area (Å²) in [6, 6.07) is 11.8. The van der Waals surface area contributed by atoms with E-state index >= 15 is 0 Å². The van der Waals surface area contributed by atoms with Gasteiger partial charge in [-0.05, 0) is 17.7 Å². The van der Waals surface area contributed by atoms with Gasteiger partial charge in [0.15, 0.2) is 5.76 Å². The van der Waals surface area contributed by atoms with Crippen LogP contribution >= 0.6 is 0 Å². The molecule has 24 heavy (non-hydrogen) atoms. The van der Waals surface area contributed by atoms with E-state index in [1.807, 2.05) is 0 Å². The Kier molecular flexibility index (Phi) is 4.13. The van der Waals surface area contributed by atoms with E-state index in [2.05, 4.69) is 4.98 Å². The maximum atomic E-state index is 12.2. The molecule has 0 spiro atoms. The molecule has 1 aromatic carbocycles. The zero-order valence-corrected chi connectivity index (χ0v) is 13.2. The molecule has 3 aromatic rings. The van der Waals surface area contributed by atoms with Gasteiger partial charge in [0.05, 0.1) is 0 Å². The van der Waals surface area contributed by atoms with Gasteiger partial charge >= 0.3 is 10.1 Å². The van der Waals surface area contributed by atoms with Crippen molar-refractivity contribution in [1.29, 1.82) is 0 Å². The highest BCUT2D eigenvalue weighted by Gasteiger charge is 2.26. The maximum Gasteiger partial charge on any atom is 0.313 e. The van der Waals surface area contributed by atoms with Crippen LogP contribution in [0.4, 0.5) is 5.88 Å². The molecule has 0 aliphatic rings. The summed E-state index contributed by atoms with van der Waals surface area (Å²) in [5.74, 6) is -1.62. The molecule has 3 rings (SSSR count). The number of furan rings is 1. The minimum atomic E-state index is -4.02. The first-order chi connectivity index (χ1) is 11.5. The third kappa shape index (κ3) is 3.33. The minimum Gasteiger partial charge on any atom is -0.501 e. The number of hydrogen-bond donors (Lipinski definition) is 2. The average molecular weight is 346 g/mol. The smallest absolute Gasteiger partial charge is 0.313 e. The molecule has 124 valence electrons. The zero-order valence-electron chi connectivity index (χ0n) is 12.4. The van der Waals surface area contributed by atoms with E-state index in [4.69, 9.17) is 14.3 Å². The number of aromatic nitrogens is 1. The second kappa shape index (κ2) is 6.25. The summed E-state index contributed by atoms with van der Waals surface area (Å²) in [6.07, 6.45) is 2.99. The molecule has 2 heterocycles. The van der Waals surface area contributed by atoms with Crippen molar-refractivity contribution in [3.05, 3.63) is 60.4 Å². The highest BCUT2D eigenvalue weighted by atomic mass is 32.2. The van der Waals surface area contributed by atoms with Crippen molar-refractivity contribution >= 4 is 16.0 Å². The molecule has 0 bridgehead atoms. The van der Waals surface area contributed by atoms with Gasteiger partial charge in [-0.25, -0.2) is 0 Å². The van der Waals surface area contributed by atoms with E-state index < -0.39 is 21.6 Å². The highest BCUT2D eigenvalue weighted by Crippen LogP contribution is 2.45. The summed E-state index contributed by atoms with van der Waals surface area (Å²) in [7, 11) is -4.02. The van der Waals surface area contributed by atoms with E-state index in [9.17, 15) is 13.5 Å². The fourth-order valence-electron chi connectivity index (χ4n) is 2.13. The molecule has 7 nitrogen and oxygen atoms in total. The average Bonchev–Trinajstić information content (AvgIpc) is 2.84.